The molecule has 2 aromatic carbocycles. The minimum absolute atomic E-state index is 0.0450. The van der Waals surface area contributed by atoms with E-state index in [2.05, 4.69) is 35.3 Å². The number of rotatable bonds is 8. The number of pyridine rings is 1. The Hall–Kier alpha value is -3.93. The maximum absolute atomic E-state index is 13.7. The van der Waals surface area contributed by atoms with Crippen molar-refractivity contribution in [3.63, 3.8) is 0 Å². The molecule has 1 fully saturated rings. The Morgan fingerprint density at radius 3 is 2.35 bits per heavy atom. The largest absolute Gasteiger partial charge is 0.466 e. The first-order chi connectivity index (χ1) is 17.9. The molecule has 1 amide bonds. The molecule has 0 spiro atoms. The lowest BCUT2D eigenvalue weighted by molar-refractivity contribution is -0.134. The zero-order valence-corrected chi connectivity index (χ0v) is 21.9. The number of carbonyl (C=O) groups excluding carboxylic acids is 2. The molecule has 37 heavy (non-hydrogen) atoms. The summed E-state index contributed by atoms with van der Waals surface area (Å²) in [5.74, 6) is 0.720. The highest BCUT2D eigenvalue weighted by atomic mass is 16.5. The molecular formula is C31H35N3O3. The van der Waals surface area contributed by atoms with Crippen molar-refractivity contribution < 1.29 is 14.3 Å². The fourth-order valence-corrected chi connectivity index (χ4v) is 4.70. The van der Waals surface area contributed by atoms with Crippen molar-refractivity contribution in [3.8, 4) is 11.1 Å². The van der Waals surface area contributed by atoms with Crippen molar-refractivity contribution in [1.29, 1.82) is 0 Å². The quantitative estimate of drug-likeness (QED) is 0.277. The van der Waals surface area contributed by atoms with Crippen molar-refractivity contribution in [3.05, 3.63) is 84.1 Å². The number of ether oxygens (including phenoxy) is 1. The van der Waals surface area contributed by atoms with Crippen LogP contribution >= 0.6 is 0 Å². The van der Waals surface area contributed by atoms with Gasteiger partial charge in [-0.25, -0.2) is 9.78 Å². The van der Waals surface area contributed by atoms with Gasteiger partial charge >= 0.3 is 5.97 Å². The molecule has 192 valence electrons. The number of aromatic nitrogens is 1. The lowest BCUT2D eigenvalue weighted by Crippen LogP contribution is -2.36. The Labute approximate surface area is 219 Å². The molecule has 0 bridgehead atoms. The number of amides is 1. The number of anilines is 2. The molecule has 1 saturated carbocycles. The predicted molar refractivity (Wildman–Crippen MR) is 149 cm³/mol. The first-order valence-electron chi connectivity index (χ1n) is 12.8. The van der Waals surface area contributed by atoms with Crippen LogP contribution in [0.1, 0.15) is 43.2 Å². The number of methoxy groups -OCH3 is 1. The number of hydrogen-bond donors (Lipinski definition) is 0. The number of hydrogen-bond acceptors (Lipinski definition) is 5. The van der Waals surface area contributed by atoms with E-state index in [9.17, 15) is 9.59 Å². The zero-order valence-electron chi connectivity index (χ0n) is 21.9. The second-order valence-electron chi connectivity index (χ2n) is 9.71. The van der Waals surface area contributed by atoms with E-state index in [1.54, 1.807) is 6.08 Å². The van der Waals surface area contributed by atoms with Crippen molar-refractivity contribution in [1.82, 2.24) is 4.98 Å². The van der Waals surface area contributed by atoms with E-state index in [1.165, 1.54) is 19.6 Å². The van der Waals surface area contributed by atoms with Gasteiger partial charge in [-0.15, -0.1) is 0 Å². The number of esters is 1. The van der Waals surface area contributed by atoms with Gasteiger partial charge in [-0.1, -0.05) is 55.7 Å². The van der Waals surface area contributed by atoms with Crippen LogP contribution in [0.2, 0.25) is 0 Å². The van der Waals surface area contributed by atoms with Crippen LogP contribution in [-0.4, -0.2) is 38.1 Å². The molecule has 0 saturated heterocycles. The van der Waals surface area contributed by atoms with Crippen LogP contribution in [0.4, 0.5) is 11.5 Å². The van der Waals surface area contributed by atoms with Gasteiger partial charge < -0.3 is 14.5 Å². The Morgan fingerprint density at radius 1 is 0.973 bits per heavy atom. The third-order valence-electron chi connectivity index (χ3n) is 6.85. The summed E-state index contributed by atoms with van der Waals surface area (Å²) in [5.41, 5.74) is 4.86. The van der Waals surface area contributed by atoms with E-state index in [0.29, 0.717) is 6.54 Å². The summed E-state index contributed by atoms with van der Waals surface area (Å²) in [4.78, 5) is 33.7. The minimum Gasteiger partial charge on any atom is -0.466 e. The molecule has 0 aliphatic heterocycles. The average Bonchev–Trinajstić information content (AvgIpc) is 2.95. The van der Waals surface area contributed by atoms with Crippen molar-refractivity contribution in [2.45, 2.75) is 38.6 Å². The first kappa shape index (κ1) is 26.1. The van der Waals surface area contributed by atoms with Gasteiger partial charge in [0, 0.05) is 43.5 Å². The van der Waals surface area contributed by atoms with Crippen LogP contribution in [0.15, 0.2) is 72.9 Å². The number of carbonyl (C=O) groups is 2. The molecule has 0 unspecified atom stereocenters. The molecule has 3 aromatic rings. The molecule has 1 aliphatic carbocycles. The fraction of sp³-hybridized carbons (Fsp3) is 0.323. The van der Waals surface area contributed by atoms with Crippen LogP contribution in [0.25, 0.3) is 17.2 Å². The molecule has 1 aromatic heterocycles. The minimum atomic E-state index is -0.410. The van der Waals surface area contributed by atoms with E-state index >= 15 is 0 Å². The molecule has 4 rings (SSSR count). The predicted octanol–water partition coefficient (Wildman–Crippen LogP) is 6.11. The summed E-state index contributed by atoms with van der Waals surface area (Å²) >= 11 is 0. The summed E-state index contributed by atoms with van der Waals surface area (Å²) in [6.07, 6.45) is 10.3. The maximum atomic E-state index is 13.7. The summed E-state index contributed by atoms with van der Waals surface area (Å²) in [5, 5.41) is 0. The topological polar surface area (TPSA) is 62.7 Å². The SMILES string of the molecule is COC(=O)/C=C/c1cccc(N(Cc2ccc(-c3ccc(N(C)C)nc3)cc2)C(=O)C2CCCCC2)c1. The van der Waals surface area contributed by atoms with E-state index < -0.39 is 5.97 Å². The van der Waals surface area contributed by atoms with Gasteiger partial charge in [0.2, 0.25) is 5.91 Å². The molecular weight excluding hydrogens is 462 g/mol. The molecule has 0 N–H and O–H groups in total. The molecule has 1 heterocycles. The van der Waals surface area contributed by atoms with Gasteiger partial charge in [0.25, 0.3) is 0 Å². The van der Waals surface area contributed by atoms with Crippen molar-refractivity contribution in [2.75, 3.05) is 31.0 Å². The van der Waals surface area contributed by atoms with Crippen LogP contribution in [0, 0.1) is 5.92 Å². The highest BCUT2D eigenvalue weighted by Gasteiger charge is 2.27. The third kappa shape index (κ3) is 6.85. The number of nitrogens with zero attached hydrogens (tertiary/aromatic N) is 3. The Kier molecular flexibility index (Phi) is 8.72. The van der Waals surface area contributed by atoms with Gasteiger partial charge in [-0.05, 0) is 59.9 Å². The van der Waals surface area contributed by atoms with Crippen LogP contribution < -0.4 is 9.80 Å². The summed E-state index contributed by atoms with van der Waals surface area (Å²) in [7, 11) is 5.30. The van der Waals surface area contributed by atoms with Gasteiger partial charge in [0.15, 0.2) is 0 Å². The van der Waals surface area contributed by atoms with E-state index in [-0.39, 0.29) is 11.8 Å². The van der Waals surface area contributed by atoms with Crippen LogP contribution in [0.3, 0.4) is 0 Å². The lowest BCUT2D eigenvalue weighted by Gasteiger charge is -2.30. The maximum Gasteiger partial charge on any atom is 0.330 e. The highest BCUT2D eigenvalue weighted by Crippen LogP contribution is 2.30. The highest BCUT2D eigenvalue weighted by molar-refractivity contribution is 5.95. The Morgan fingerprint density at radius 2 is 1.70 bits per heavy atom. The summed E-state index contributed by atoms with van der Waals surface area (Å²) < 4.78 is 4.71. The lowest BCUT2D eigenvalue weighted by atomic mass is 9.88. The van der Waals surface area contributed by atoms with Crippen LogP contribution in [-0.2, 0) is 20.9 Å². The molecule has 1 aliphatic rings. The van der Waals surface area contributed by atoms with Gasteiger partial charge in [0.1, 0.15) is 5.82 Å². The van der Waals surface area contributed by atoms with E-state index in [4.69, 9.17) is 4.74 Å². The molecule has 0 atom stereocenters. The van der Waals surface area contributed by atoms with Gasteiger partial charge in [-0.3, -0.25) is 4.79 Å². The summed E-state index contributed by atoms with van der Waals surface area (Å²) in [6.45, 7) is 0.484. The monoisotopic (exact) mass is 497 g/mol. The molecule has 6 nitrogen and oxygen atoms in total. The standard InChI is InChI=1S/C31H35N3O3/c1-33(2)29-18-17-27(21-32-29)25-15-12-24(13-16-25)22-34(31(36)26-9-5-4-6-10-26)28-11-7-8-23(20-28)14-19-30(35)37-3/h7-8,11-21,26H,4-6,9-10,22H2,1-3H3/b19-14+. The van der Waals surface area contributed by atoms with Crippen molar-refractivity contribution >= 4 is 29.5 Å². The van der Waals surface area contributed by atoms with Gasteiger partial charge in [0.05, 0.1) is 13.7 Å². The van der Waals surface area contributed by atoms with Gasteiger partial charge in [-0.2, -0.15) is 0 Å². The van der Waals surface area contributed by atoms with Crippen LogP contribution in [0.5, 0.6) is 0 Å². The smallest absolute Gasteiger partial charge is 0.330 e. The van der Waals surface area contributed by atoms with E-state index in [0.717, 1.165) is 59.4 Å². The molecule has 0 radical (unpaired) electrons. The normalized spacial score (nSPS) is 13.9. The van der Waals surface area contributed by atoms with Crippen molar-refractivity contribution in [2.24, 2.45) is 5.92 Å². The zero-order chi connectivity index (χ0) is 26.2. The second-order valence-corrected chi connectivity index (χ2v) is 9.71. The first-order valence-corrected chi connectivity index (χ1v) is 12.8. The Bertz CT molecular complexity index is 1230. The third-order valence-corrected chi connectivity index (χ3v) is 6.85. The second kappa shape index (κ2) is 12.3. The number of benzene rings is 2. The van der Waals surface area contributed by atoms with E-state index in [1.807, 2.05) is 60.4 Å². The molecule has 6 heteroatoms. The summed E-state index contributed by atoms with van der Waals surface area (Å²) in [6, 6.07) is 20.2. The fourth-order valence-electron chi connectivity index (χ4n) is 4.70. The average molecular weight is 498 g/mol. The Balaban J connectivity index is 1.58.